The van der Waals surface area contributed by atoms with Crippen molar-refractivity contribution in [1.82, 2.24) is 5.06 Å². The van der Waals surface area contributed by atoms with E-state index in [9.17, 15) is 14.8 Å². The summed E-state index contributed by atoms with van der Waals surface area (Å²) in [5.41, 5.74) is 2.79. The molecule has 0 radical (unpaired) electrons. The van der Waals surface area contributed by atoms with Gasteiger partial charge in [0.2, 0.25) is 5.75 Å². The Morgan fingerprint density at radius 3 is 1.92 bits per heavy atom. The fraction of sp³-hybridized carbons (Fsp3) is 0.300. The summed E-state index contributed by atoms with van der Waals surface area (Å²) >= 11 is 0. The predicted octanol–water partition coefficient (Wildman–Crippen LogP) is 7.54. The molecule has 0 bridgehead atoms. The zero-order valence-corrected chi connectivity index (χ0v) is 28.8. The number of hydroxylamine groups is 2. The van der Waals surface area contributed by atoms with Gasteiger partial charge in [-0.2, -0.15) is 0 Å². The van der Waals surface area contributed by atoms with Crippen LogP contribution in [0.15, 0.2) is 78.9 Å². The van der Waals surface area contributed by atoms with Crippen molar-refractivity contribution in [3.8, 4) is 41.1 Å². The molecule has 4 aromatic rings. The van der Waals surface area contributed by atoms with Crippen molar-refractivity contribution in [2.45, 2.75) is 44.4 Å². The van der Waals surface area contributed by atoms with Gasteiger partial charge in [0.1, 0.15) is 6.04 Å². The highest BCUT2D eigenvalue weighted by atomic mass is 16.5. The number of nitrogens with zero attached hydrogens (tertiary/aromatic N) is 1. The van der Waals surface area contributed by atoms with Gasteiger partial charge in [0.15, 0.2) is 28.8 Å². The van der Waals surface area contributed by atoms with Gasteiger partial charge >= 0.3 is 0 Å². The number of ketones is 1. The first-order valence-electron chi connectivity index (χ1n) is 16.3. The molecule has 10 heteroatoms. The second-order valence-electron chi connectivity index (χ2n) is 11.6. The molecule has 0 spiro atoms. The van der Waals surface area contributed by atoms with Gasteiger partial charge in [-0.05, 0) is 66.8 Å². The van der Waals surface area contributed by atoms with E-state index in [1.54, 1.807) is 63.8 Å². The van der Waals surface area contributed by atoms with Crippen LogP contribution in [0.3, 0.4) is 0 Å². The van der Waals surface area contributed by atoms with Crippen molar-refractivity contribution in [3.63, 3.8) is 0 Å². The number of carbonyl (C=O) groups excluding carboxylic acids is 2. The standard InChI is InChI=1S/C40H41NO9/c1-7-19-49-38-30(31(8-2)41(44)40(43)27-16-12-15-26(20-27)37(42)25-13-10-9-11-14-25)21-28(22-34(38)45-3)32-17-18-33(50-32)29-23-35(46-4)39(48-6)36(24-29)47-5/h2,9-16,20-24,31-33,44H,7,17-19H2,1,3-6H3. The van der Waals surface area contributed by atoms with E-state index < -0.39 is 11.9 Å². The molecule has 10 nitrogen and oxygen atoms in total. The maximum Gasteiger partial charge on any atom is 0.278 e. The van der Waals surface area contributed by atoms with Crippen LogP contribution < -0.4 is 23.7 Å². The first-order valence-corrected chi connectivity index (χ1v) is 16.3. The average Bonchev–Trinajstić information content (AvgIpc) is 3.67. The molecule has 5 rings (SSSR count). The molecule has 4 aromatic carbocycles. The number of hydrogen-bond acceptors (Lipinski definition) is 9. The minimum atomic E-state index is -1.27. The molecule has 1 aliphatic rings. The lowest BCUT2D eigenvalue weighted by atomic mass is 9.96. The Labute approximate surface area is 292 Å². The second-order valence-corrected chi connectivity index (χ2v) is 11.6. The molecular formula is C40H41NO9. The van der Waals surface area contributed by atoms with E-state index in [0.29, 0.717) is 76.4 Å². The number of carbonyl (C=O) groups is 2. The van der Waals surface area contributed by atoms with Crippen molar-refractivity contribution < 1.29 is 43.2 Å². The normalized spacial score (nSPS) is 15.8. The van der Waals surface area contributed by atoms with Gasteiger partial charge in [0.25, 0.3) is 5.91 Å². The Morgan fingerprint density at radius 1 is 0.800 bits per heavy atom. The van der Waals surface area contributed by atoms with Crippen molar-refractivity contribution in [2.24, 2.45) is 0 Å². The van der Waals surface area contributed by atoms with Gasteiger partial charge in [0.05, 0.1) is 47.3 Å². The van der Waals surface area contributed by atoms with Gasteiger partial charge in [-0.25, -0.2) is 5.06 Å². The van der Waals surface area contributed by atoms with Crippen LogP contribution in [0.1, 0.15) is 87.4 Å². The van der Waals surface area contributed by atoms with Crippen LogP contribution in [-0.2, 0) is 4.74 Å². The van der Waals surface area contributed by atoms with Gasteiger partial charge in [0, 0.05) is 22.3 Å². The molecule has 1 N–H and O–H groups in total. The molecule has 0 aliphatic carbocycles. The highest BCUT2D eigenvalue weighted by Crippen LogP contribution is 2.48. The van der Waals surface area contributed by atoms with Gasteiger partial charge in [-0.3, -0.25) is 14.8 Å². The van der Waals surface area contributed by atoms with Gasteiger partial charge < -0.3 is 28.4 Å². The molecule has 0 saturated carbocycles. The third-order valence-electron chi connectivity index (χ3n) is 8.54. The van der Waals surface area contributed by atoms with Crippen LogP contribution in [-0.4, -0.2) is 57.0 Å². The van der Waals surface area contributed by atoms with E-state index in [-0.39, 0.29) is 23.6 Å². The van der Waals surface area contributed by atoms with Crippen LogP contribution in [0.2, 0.25) is 0 Å². The topological polar surface area (TPSA) is 113 Å². The largest absolute Gasteiger partial charge is 0.493 e. The lowest BCUT2D eigenvalue weighted by Crippen LogP contribution is -2.32. The lowest BCUT2D eigenvalue weighted by molar-refractivity contribution is -0.0760. The molecule has 0 aromatic heterocycles. The quantitative estimate of drug-likeness (QED) is 0.0625. The van der Waals surface area contributed by atoms with Crippen molar-refractivity contribution in [3.05, 3.63) is 112 Å². The summed E-state index contributed by atoms with van der Waals surface area (Å²) in [6, 6.07) is 21.0. The van der Waals surface area contributed by atoms with Crippen molar-refractivity contribution in [1.29, 1.82) is 0 Å². The molecule has 260 valence electrons. The summed E-state index contributed by atoms with van der Waals surface area (Å²) in [6.45, 7) is 2.30. The zero-order valence-electron chi connectivity index (χ0n) is 28.8. The highest BCUT2D eigenvalue weighted by molar-refractivity contribution is 6.10. The molecular weight excluding hydrogens is 638 g/mol. The summed E-state index contributed by atoms with van der Waals surface area (Å²) in [4.78, 5) is 26.9. The molecule has 1 amide bonds. The molecule has 3 atom stereocenters. The van der Waals surface area contributed by atoms with E-state index in [2.05, 4.69) is 5.92 Å². The summed E-state index contributed by atoms with van der Waals surface area (Å²) in [5.74, 6) is 3.73. The summed E-state index contributed by atoms with van der Waals surface area (Å²) in [7, 11) is 6.19. The fourth-order valence-electron chi connectivity index (χ4n) is 6.05. The number of terminal acetylenes is 1. The Balaban J connectivity index is 1.47. The predicted molar refractivity (Wildman–Crippen MR) is 187 cm³/mol. The minimum absolute atomic E-state index is 0.0843. The van der Waals surface area contributed by atoms with E-state index >= 15 is 0 Å². The van der Waals surface area contributed by atoms with Crippen LogP contribution in [0.25, 0.3) is 0 Å². The van der Waals surface area contributed by atoms with E-state index in [0.717, 1.165) is 11.1 Å². The highest BCUT2D eigenvalue weighted by Gasteiger charge is 2.34. The van der Waals surface area contributed by atoms with Gasteiger partial charge in [-0.1, -0.05) is 55.3 Å². The molecule has 50 heavy (non-hydrogen) atoms. The summed E-state index contributed by atoms with van der Waals surface area (Å²) in [5, 5.41) is 11.9. The summed E-state index contributed by atoms with van der Waals surface area (Å²) < 4.78 is 35.0. The maximum atomic E-state index is 13.7. The lowest BCUT2D eigenvalue weighted by Gasteiger charge is -2.26. The van der Waals surface area contributed by atoms with Crippen molar-refractivity contribution >= 4 is 11.7 Å². The van der Waals surface area contributed by atoms with Crippen LogP contribution in [0, 0.1) is 12.3 Å². The number of rotatable bonds is 14. The maximum absolute atomic E-state index is 13.7. The molecule has 1 fully saturated rings. The third kappa shape index (κ3) is 7.39. The van der Waals surface area contributed by atoms with Crippen molar-refractivity contribution in [2.75, 3.05) is 35.0 Å². The smallest absolute Gasteiger partial charge is 0.278 e. The third-order valence-corrected chi connectivity index (χ3v) is 8.54. The van der Waals surface area contributed by atoms with Crippen LogP contribution in [0.4, 0.5) is 0 Å². The second kappa shape index (κ2) is 16.3. The van der Waals surface area contributed by atoms with Crippen LogP contribution in [0.5, 0.6) is 28.7 Å². The molecule has 1 aliphatic heterocycles. The monoisotopic (exact) mass is 679 g/mol. The SMILES string of the molecule is C#CC(c1cc(C2CCC(c3cc(OC)c(OC)c(OC)c3)O2)cc(OC)c1OCCC)N(O)C(=O)c1cccc(C(=O)c2ccccc2)c1. The fourth-order valence-corrected chi connectivity index (χ4v) is 6.05. The number of methoxy groups -OCH3 is 4. The zero-order chi connectivity index (χ0) is 35.8. The first-order chi connectivity index (χ1) is 24.3. The van der Waals surface area contributed by atoms with Crippen LogP contribution >= 0.6 is 0 Å². The molecule has 1 heterocycles. The number of benzene rings is 4. The number of hydrogen-bond donors (Lipinski definition) is 1. The number of amides is 1. The average molecular weight is 680 g/mol. The van der Waals surface area contributed by atoms with E-state index in [1.165, 1.54) is 19.2 Å². The Morgan fingerprint density at radius 2 is 1.36 bits per heavy atom. The molecule has 1 saturated heterocycles. The van der Waals surface area contributed by atoms with E-state index in [1.807, 2.05) is 31.2 Å². The summed E-state index contributed by atoms with van der Waals surface area (Å²) in [6.07, 6.45) is 7.40. The Kier molecular flexibility index (Phi) is 11.6. The first kappa shape index (κ1) is 35.8. The Hall–Kier alpha value is -5.50. The number of ether oxygens (including phenoxy) is 6. The minimum Gasteiger partial charge on any atom is -0.493 e. The van der Waals surface area contributed by atoms with Gasteiger partial charge in [-0.15, -0.1) is 6.42 Å². The Bertz CT molecular complexity index is 1840. The molecule has 3 unspecified atom stereocenters. The van der Waals surface area contributed by atoms with E-state index in [4.69, 9.17) is 34.8 Å².